The highest BCUT2D eigenvalue weighted by Crippen LogP contribution is 2.23. The van der Waals surface area contributed by atoms with Crippen LogP contribution < -0.4 is 10.1 Å². The summed E-state index contributed by atoms with van der Waals surface area (Å²) in [4.78, 5) is 23.2. The molecular weight excluding hydrogens is 309 g/mol. The van der Waals surface area contributed by atoms with E-state index in [0.29, 0.717) is 0 Å². The van der Waals surface area contributed by atoms with Crippen LogP contribution in [0, 0.1) is 5.82 Å². The van der Waals surface area contributed by atoms with E-state index in [0.717, 1.165) is 12.2 Å². The Morgan fingerprint density at radius 3 is 2.45 bits per heavy atom. The van der Waals surface area contributed by atoms with Gasteiger partial charge in [-0.05, 0) is 24.3 Å². The summed E-state index contributed by atoms with van der Waals surface area (Å²) >= 11 is 5.83. The number of hydrogen-bond acceptors (Lipinski definition) is 3. The Morgan fingerprint density at radius 1 is 1.05 bits per heavy atom. The van der Waals surface area contributed by atoms with Gasteiger partial charge in [-0.15, -0.1) is 0 Å². The van der Waals surface area contributed by atoms with E-state index in [1.54, 1.807) is 24.3 Å². The summed E-state index contributed by atoms with van der Waals surface area (Å²) < 4.78 is 18.3. The molecule has 0 aliphatic carbocycles. The molecule has 0 saturated heterocycles. The first-order valence-electron chi connectivity index (χ1n) is 6.26. The lowest BCUT2D eigenvalue weighted by molar-refractivity contribution is -0.129. The van der Waals surface area contributed by atoms with Gasteiger partial charge in [0.2, 0.25) is 5.91 Å². The lowest BCUT2D eigenvalue weighted by Gasteiger charge is -2.04. The topological polar surface area (TPSA) is 55.4 Å². The van der Waals surface area contributed by atoms with E-state index in [-0.39, 0.29) is 16.5 Å². The van der Waals surface area contributed by atoms with E-state index in [1.807, 2.05) is 0 Å². The van der Waals surface area contributed by atoms with Gasteiger partial charge in [0.25, 0.3) is 0 Å². The SMILES string of the molecule is O=C(/C=C/C(=O)Oc1ccccc1Cl)Nc1ccccc1F. The monoisotopic (exact) mass is 319 g/mol. The fourth-order valence-corrected chi connectivity index (χ4v) is 1.72. The minimum absolute atomic E-state index is 0.0246. The highest BCUT2D eigenvalue weighted by atomic mass is 35.5. The van der Waals surface area contributed by atoms with E-state index in [4.69, 9.17) is 16.3 Å². The average Bonchev–Trinajstić information content (AvgIpc) is 2.50. The van der Waals surface area contributed by atoms with Crippen LogP contribution in [0.3, 0.4) is 0 Å². The molecule has 1 N–H and O–H groups in total. The Balaban J connectivity index is 1.94. The zero-order chi connectivity index (χ0) is 15.9. The Hall–Kier alpha value is -2.66. The number of esters is 1. The lowest BCUT2D eigenvalue weighted by Crippen LogP contribution is -2.11. The molecule has 0 radical (unpaired) electrons. The zero-order valence-electron chi connectivity index (χ0n) is 11.3. The predicted octanol–water partition coefficient (Wildman–Crippen LogP) is 3.58. The second-order valence-corrected chi connectivity index (χ2v) is 4.56. The van der Waals surface area contributed by atoms with Gasteiger partial charge in [0.05, 0.1) is 10.7 Å². The van der Waals surface area contributed by atoms with Gasteiger partial charge in [0.15, 0.2) is 0 Å². The molecule has 6 heteroatoms. The molecule has 2 aromatic rings. The van der Waals surface area contributed by atoms with E-state index in [1.165, 1.54) is 24.3 Å². The number of carbonyl (C=O) groups excluding carboxylic acids is 2. The van der Waals surface area contributed by atoms with Gasteiger partial charge in [-0.2, -0.15) is 0 Å². The van der Waals surface area contributed by atoms with Crippen LogP contribution in [0.4, 0.5) is 10.1 Å². The van der Waals surface area contributed by atoms with Crippen LogP contribution in [-0.4, -0.2) is 11.9 Å². The van der Waals surface area contributed by atoms with Crippen molar-refractivity contribution in [2.75, 3.05) is 5.32 Å². The first kappa shape index (κ1) is 15.7. The molecule has 0 heterocycles. The molecule has 0 spiro atoms. The van der Waals surface area contributed by atoms with Crippen LogP contribution >= 0.6 is 11.6 Å². The molecule has 22 heavy (non-hydrogen) atoms. The van der Waals surface area contributed by atoms with Crippen molar-refractivity contribution in [3.63, 3.8) is 0 Å². The maximum absolute atomic E-state index is 13.3. The number of halogens is 2. The number of benzene rings is 2. The molecular formula is C16H11ClFNO3. The van der Waals surface area contributed by atoms with E-state index in [2.05, 4.69) is 5.32 Å². The summed E-state index contributed by atoms with van der Waals surface area (Å²) in [5.74, 6) is -1.80. The minimum Gasteiger partial charge on any atom is -0.422 e. The van der Waals surface area contributed by atoms with Crippen molar-refractivity contribution in [3.05, 3.63) is 71.5 Å². The quantitative estimate of drug-likeness (QED) is 0.532. The van der Waals surface area contributed by atoms with Gasteiger partial charge in [-0.3, -0.25) is 4.79 Å². The number of carbonyl (C=O) groups is 2. The number of para-hydroxylation sites is 2. The zero-order valence-corrected chi connectivity index (χ0v) is 12.0. The first-order valence-corrected chi connectivity index (χ1v) is 6.64. The molecule has 2 rings (SSSR count). The molecule has 0 aliphatic heterocycles. The second-order valence-electron chi connectivity index (χ2n) is 4.15. The Kier molecular flexibility index (Phi) is 5.27. The summed E-state index contributed by atoms with van der Waals surface area (Å²) in [7, 11) is 0. The third kappa shape index (κ3) is 4.43. The van der Waals surface area contributed by atoms with Crippen LogP contribution in [-0.2, 0) is 9.59 Å². The third-order valence-electron chi connectivity index (χ3n) is 2.55. The molecule has 0 fully saturated rings. The number of nitrogens with one attached hydrogen (secondary N) is 1. The van der Waals surface area contributed by atoms with Crippen molar-refractivity contribution in [2.24, 2.45) is 0 Å². The van der Waals surface area contributed by atoms with Crippen molar-refractivity contribution in [1.82, 2.24) is 0 Å². The number of hydrogen-bond donors (Lipinski definition) is 1. The molecule has 0 aliphatic rings. The normalized spacial score (nSPS) is 10.5. The fraction of sp³-hybridized carbons (Fsp3) is 0. The molecule has 4 nitrogen and oxygen atoms in total. The number of amides is 1. The van der Waals surface area contributed by atoms with Crippen molar-refractivity contribution < 1.29 is 18.7 Å². The Bertz CT molecular complexity index is 669. The molecule has 1 amide bonds. The Morgan fingerprint density at radius 2 is 1.73 bits per heavy atom. The van der Waals surface area contributed by atoms with E-state index in [9.17, 15) is 14.0 Å². The predicted molar refractivity (Wildman–Crippen MR) is 81.3 cm³/mol. The minimum atomic E-state index is -0.767. The number of ether oxygens (including phenoxy) is 1. The van der Waals surface area contributed by atoms with Gasteiger partial charge in [-0.25, -0.2) is 9.18 Å². The van der Waals surface area contributed by atoms with Crippen LogP contribution in [0.15, 0.2) is 60.7 Å². The van der Waals surface area contributed by atoms with Crippen molar-refractivity contribution in [3.8, 4) is 5.75 Å². The van der Waals surface area contributed by atoms with E-state index >= 15 is 0 Å². The molecule has 0 saturated carbocycles. The van der Waals surface area contributed by atoms with Gasteiger partial charge >= 0.3 is 5.97 Å². The van der Waals surface area contributed by atoms with Gasteiger partial charge in [-0.1, -0.05) is 35.9 Å². The van der Waals surface area contributed by atoms with Crippen molar-refractivity contribution in [2.45, 2.75) is 0 Å². The molecule has 112 valence electrons. The van der Waals surface area contributed by atoms with Crippen LogP contribution in [0.2, 0.25) is 5.02 Å². The van der Waals surface area contributed by atoms with Crippen LogP contribution in [0.1, 0.15) is 0 Å². The average molecular weight is 320 g/mol. The van der Waals surface area contributed by atoms with E-state index < -0.39 is 17.7 Å². The number of rotatable bonds is 4. The van der Waals surface area contributed by atoms with Crippen molar-refractivity contribution >= 4 is 29.2 Å². The summed E-state index contributed by atoms with van der Waals surface area (Å²) in [5, 5.41) is 2.58. The van der Waals surface area contributed by atoms with Gasteiger partial charge < -0.3 is 10.1 Å². The lowest BCUT2D eigenvalue weighted by atomic mass is 10.3. The maximum Gasteiger partial charge on any atom is 0.336 e. The molecule has 0 atom stereocenters. The van der Waals surface area contributed by atoms with Crippen LogP contribution in [0.25, 0.3) is 0 Å². The smallest absolute Gasteiger partial charge is 0.336 e. The van der Waals surface area contributed by atoms with Gasteiger partial charge in [0.1, 0.15) is 11.6 Å². The standard InChI is InChI=1S/C16H11ClFNO3/c17-11-5-1-4-8-14(11)22-16(21)10-9-15(20)19-13-7-3-2-6-12(13)18/h1-10H,(H,19,20)/b10-9+. The molecule has 0 bridgehead atoms. The fourth-order valence-electron chi connectivity index (χ4n) is 1.55. The van der Waals surface area contributed by atoms with Crippen LogP contribution in [0.5, 0.6) is 5.75 Å². The highest BCUT2D eigenvalue weighted by Gasteiger charge is 2.06. The number of anilines is 1. The Labute approximate surface area is 131 Å². The molecule has 0 unspecified atom stereocenters. The van der Waals surface area contributed by atoms with Gasteiger partial charge in [0, 0.05) is 12.2 Å². The van der Waals surface area contributed by atoms with Crippen molar-refractivity contribution in [1.29, 1.82) is 0 Å². The summed E-state index contributed by atoms with van der Waals surface area (Å²) in [6, 6.07) is 12.1. The highest BCUT2D eigenvalue weighted by molar-refractivity contribution is 6.32. The largest absolute Gasteiger partial charge is 0.422 e. The summed E-state index contributed by atoms with van der Waals surface area (Å²) in [6.07, 6.45) is 1.88. The second kappa shape index (κ2) is 7.38. The molecule has 0 aromatic heterocycles. The summed E-state index contributed by atoms with van der Waals surface area (Å²) in [5.41, 5.74) is 0.0246. The maximum atomic E-state index is 13.3. The first-order chi connectivity index (χ1) is 10.6. The third-order valence-corrected chi connectivity index (χ3v) is 2.86. The summed E-state index contributed by atoms with van der Waals surface area (Å²) in [6.45, 7) is 0. The molecule has 2 aromatic carbocycles.